The molecule has 0 aromatic heterocycles. The molecule has 0 unspecified atom stereocenters. The summed E-state index contributed by atoms with van der Waals surface area (Å²) in [6.45, 7) is 1.29. The van der Waals surface area contributed by atoms with Crippen molar-refractivity contribution in [2.24, 2.45) is 0 Å². The van der Waals surface area contributed by atoms with E-state index in [2.05, 4.69) is 11.4 Å². The summed E-state index contributed by atoms with van der Waals surface area (Å²) in [7, 11) is 0. The van der Waals surface area contributed by atoms with Crippen LogP contribution >= 0.6 is 0 Å². The molecule has 7 nitrogen and oxygen atoms in total. The molecule has 1 amide bonds. The van der Waals surface area contributed by atoms with Crippen LogP contribution < -0.4 is 5.32 Å². The molecule has 7 heteroatoms. The van der Waals surface area contributed by atoms with Crippen LogP contribution in [0.2, 0.25) is 0 Å². The average molecular weight is 382 g/mol. The number of nitro groups is 1. The summed E-state index contributed by atoms with van der Waals surface area (Å²) in [6, 6.07) is 10.2. The highest BCUT2D eigenvalue weighted by molar-refractivity contribution is 5.93. The Morgan fingerprint density at radius 3 is 2.61 bits per heavy atom. The van der Waals surface area contributed by atoms with Gasteiger partial charge in [-0.1, -0.05) is 24.3 Å². The number of non-ortho nitro benzene ring substituents is 1. The molecule has 2 aromatic rings. The lowest BCUT2D eigenvalue weighted by molar-refractivity contribution is -0.384. The molecular formula is C21H22N2O5. The zero-order valence-corrected chi connectivity index (χ0v) is 15.7. The van der Waals surface area contributed by atoms with Crippen LogP contribution in [0.15, 0.2) is 36.4 Å². The number of rotatable bonds is 6. The number of benzene rings is 2. The van der Waals surface area contributed by atoms with Crippen LogP contribution in [-0.4, -0.2) is 23.4 Å². The van der Waals surface area contributed by atoms with Crippen molar-refractivity contribution in [2.75, 3.05) is 11.9 Å². The van der Waals surface area contributed by atoms with Gasteiger partial charge in [-0.15, -0.1) is 0 Å². The van der Waals surface area contributed by atoms with Gasteiger partial charge in [-0.2, -0.15) is 0 Å². The molecule has 0 saturated heterocycles. The number of anilines is 1. The highest BCUT2D eigenvalue weighted by Gasteiger charge is 2.14. The Labute approximate surface area is 162 Å². The van der Waals surface area contributed by atoms with Crippen LogP contribution in [0.4, 0.5) is 11.4 Å². The van der Waals surface area contributed by atoms with Crippen molar-refractivity contribution in [3.05, 3.63) is 68.8 Å². The lowest BCUT2D eigenvalue weighted by atomic mass is 9.90. The second-order valence-electron chi connectivity index (χ2n) is 6.95. The Balaban J connectivity index is 1.52. The smallest absolute Gasteiger partial charge is 0.310 e. The van der Waals surface area contributed by atoms with Gasteiger partial charge in [0.1, 0.15) is 0 Å². The normalized spacial score (nSPS) is 12.8. The highest BCUT2D eigenvalue weighted by atomic mass is 16.6. The molecule has 0 spiro atoms. The van der Waals surface area contributed by atoms with Crippen LogP contribution in [0.5, 0.6) is 0 Å². The number of fused-ring (bicyclic) bond motifs is 1. The molecule has 0 heterocycles. The van der Waals surface area contributed by atoms with Crippen molar-refractivity contribution in [1.29, 1.82) is 0 Å². The summed E-state index contributed by atoms with van der Waals surface area (Å²) in [5, 5.41) is 13.4. The van der Waals surface area contributed by atoms with Crippen molar-refractivity contribution in [1.82, 2.24) is 0 Å². The predicted molar refractivity (Wildman–Crippen MR) is 104 cm³/mol. The van der Waals surface area contributed by atoms with Crippen molar-refractivity contribution in [3.63, 3.8) is 0 Å². The molecule has 0 fully saturated rings. The maximum atomic E-state index is 12.1. The van der Waals surface area contributed by atoms with E-state index >= 15 is 0 Å². The Bertz CT molecular complexity index is 923. The van der Waals surface area contributed by atoms with Crippen molar-refractivity contribution in [3.8, 4) is 0 Å². The van der Waals surface area contributed by atoms with Gasteiger partial charge in [0.25, 0.3) is 11.6 Å². The fourth-order valence-corrected chi connectivity index (χ4v) is 3.30. The van der Waals surface area contributed by atoms with Crippen molar-refractivity contribution < 1.29 is 19.2 Å². The molecule has 0 aliphatic heterocycles. The first kappa shape index (κ1) is 19.5. The number of ether oxygens (including phenoxy) is 1. The number of nitro benzene ring substituents is 1. The molecule has 28 heavy (non-hydrogen) atoms. The molecule has 0 bridgehead atoms. The molecule has 2 aromatic carbocycles. The van der Waals surface area contributed by atoms with Crippen molar-refractivity contribution in [2.45, 2.75) is 39.0 Å². The number of hydrogen-bond donors (Lipinski definition) is 1. The maximum Gasteiger partial charge on any atom is 0.310 e. The van der Waals surface area contributed by atoms with E-state index in [1.807, 2.05) is 12.1 Å². The molecule has 0 radical (unpaired) electrons. The van der Waals surface area contributed by atoms with Gasteiger partial charge in [0.15, 0.2) is 6.61 Å². The molecule has 1 aliphatic rings. The molecule has 146 valence electrons. The van der Waals surface area contributed by atoms with E-state index < -0.39 is 23.4 Å². The van der Waals surface area contributed by atoms with Crippen LogP contribution in [0.25, 0.3) is 0 Å². The minimum atomic E-state index is -0.539. The topological polar surface area (TPSA) is 98.5 Å². The van der Waals surface area contributed by atoms with Crippen LogP contribution in [0.1, 0.15) is 35.1 Å². The second-order valence-corrected chi connectivity index (χ2v) is 6.95. The summed E-state index contributed by atoms with van der Waals surface area (Å²) < 4.78 is 5.06. The summed E-state index contributed by atoms with van der Waals surface area (Å²) >= 11 is 0. The number of nitrogens with one attached hydrogen (secondary N) is 1. The fourth-order valence-electron chi connectivity index (χ4n) is 3.30. The number of esters is 1. The lowest BCUT2D eigenvalue weighted by Crippen LogP contribution is -2.22. The van der Waals surface area contributed by atoms with E-state index in [-0.39, 0.29) is 12.1 Å². The van der Waals surface area contributed by atoms with E-state index in [1.54, 1.807) is 13.0 Å². The first-order valence-electron chi connectivity index (χ1n) is 9.23. The largest absolute Gasteiger partial charge is 0.455 e. The van der Waals surface area contributed by atoms with E-state index in [0.717, 1.165) is 24.8 Å². The molecule has 0 atom stereocenters. The number of nitrogens with zero attached hydrogens (tertiary/aromatic N) is 1. The molecule has 1 aliphatic carbocycles. The quantitative estimate of drug-likeness (QED) is 0.468. The number of carbonyl (C=O) groups excluding carboxylic acids is 2. The zero-order valence-electron chi connectivity index (χ0n) is 15.7. The Kier molecular flexibility index (Phi) is 6.03. The first-order chi connectivity index (χ1) is 13.4. The monoisotopic (exact) mass is 382 g/mol. The van der Waals surface area contributed by atoms with E-state index in [1.165, 1.54) is 29.7 Å². The molecule has 1 N–H and O–H groups in total. The van der Waals surface area contributed by atoms with Gasteiger partial charge in [0.2, 0.25) is 0 Å². The first-order valence-corrected chi connectivity index (χ1v) is 9.23. The average Bonchev–Trinajstić information content (AvgIpc) is 2.68. The predicted octanol–water partition coefficient (Wildman–Crippen LogP) is 3.51. The Morgan fingerprint density at radius 1 is 1.11 bits per heavy atom. The van der Waals surface area contributed by atoms with Crippen molar-refractivity contribution >= 4 is 23.3 Å². The zero-order chi connectivity index (χ0) is 20.1. The van der Waals surface area contributed by atoms with Gasteiger partial charge in [-0.05, 0) is 54.9 Å². The maximum absolute atomic E-state index is 12.1. The molecule has 0 saturated carbocycles. The van der Waals surface area contributed by atoms with Gasteiger partial charge in [-0.3, -0.25) is 19.7 Å². The van der Waals surface area contributed by atoms with Crippen LogP contribution in [0.3, 0.4) is 0 Å². The third kappa shape index (κ3) is 4.94. The van der Waals surface area contributed by atoms with Gasteiger partial charge < -0.3 is 10.1 Å². The van der Waals surface area contributed by atoms with E-state index in [0.29, 0.717) is 11.3 Å². The summed E-state index contributed by atoms with van der Waals surface area (Å²) in [5.74, 6) is -1.02. The highest BCUT2D eigenvalue weighted by Crippen LogP contribution is 2.23. The number of aryl methyl sites for hydroxylation is 3. The third-order valence-electron chi connectivity index (χ3n) is 4.83. The number of carbonyl (C=O) groups is 2. The van der Waals surface area contributed by atoms with Gasteiger partial charge in [0.05, 0.1) is 17.0 Å². The fraction of sp³-hybridized carbons (Fsp3) is 0.333. The molecule has 3 rings (SSSR count). The van der Waals surface area contributed by atoms with Gasteiger partial charge >= 0.3 is 5.97 Å². The second kappa shape index (κ2) is 8.65. The van der Waals surface area contributed by atoms with Crippen LogP contribution in [-0.2, 0) is 33.6 Å². The van der Waals surface area contributed by atoms with E-state index in [9.17, 15) is 19.7 Å². The Hall–Kier alpha value is -3.22. The standard InChI is InChI=1S/C21H22N2O5/c1-14-6-9-18(23(26)27)12-19(14)22-20(24)13-28-21(25)11-15-7-8-16-4-2-3-5-17(16)10-15/h6-10,12H,2-5,11,13H2,1H3,(H,22,24). The minimum absolute atomic E-state index is 0.108. The van der Waals surface area contributed by atoms with Gasteiger partial charge in [-0.25, -0.2) is 0 Å². The summed E-state index contributed by atoms with van der Waals surface area (Å²) in [6.07, 6.45) is 4.59. The SMILES string of the molecule is Cc1ccc([N+](=O)[O-])cc1NC(=O)COC(=O)Cc1ccc2c(c1)CCCC2. The van der Waals surface area contributed by atoms with Gasteiger partial charge in [0, 0.05) is 12.1 Å². The Morgan fingerprint density at radius 2 is 1.86 bits per heavy atom. The lowest BCUT2D eigenvalue weighted by Gasteiger charge is -2.16. The third-order valence-corrected chi connectivity index (χ3v) is 4.83. The summed E-state index contributed by atoms with van der Waals surface area (Å²) in [5.41, 5.74) is 4.39. The van der Waals surface area contributed by atoms with Crippen LogP contribution in [0, 0.1) is 17.0 Å². The molecular weight excluding hydrogens is 360 g/mol. The van der Waals surface area contributed by atoms with E-state index in [4.69, 9.17) is 4.74 Å². The minimum Gasteiger partial charge on any atom is -0.455 e. The number of amides is 1. The number of hydrogen-bond acceptors (Lipinski definition) is 5. The summed E-state index contributed by atoms with van der Waals surface area (Å²) in [4.78, 5) is 34.4.